The molecule has 0 aliphatic heterocycles. The fraction of sp³-hybridized carbons (Fsp3) is 0.250. The summed E-state index contributed by atoms with van der Waals surface area (Å²) >= 11 is 7.80. The highest BCUT2D eigenvalue weighted by atomic mass is 79.9. The molecule has 0 saturated carbocycles. The Labute approximate surface area is 103 Å². The summed E-state index contributed by atoms with van der Waals surface area (Å²) in [6, 6.07) is 1.83. The van der Waals surface area contributed by atoms with Gasteiger partial charge in [-0.2, -0.15) is 0 Å². The molecule has 0 aromatic carbocycles. The summed E-state index contributed by atoms with van der Waals surface area (Å²) in [6.07, 6.45) is 1.65. The van der Waals surface area contributed by atoms with Crippen LogP contribution in [-0.2, 0) is 4.79 Å². The van der Waals surface area contributed by atoms with Crippen LogP contribution < -0.4 is 0 Å². The van der Waals surface area contributed by atoms with E-state index in [1.54, 1.807) is 13.1 Å². The molecule has 0 spiro atoms. The van der Waals surface area contributed by atoms with Crippen molar-refractivity contribution in [3.63, 3.8) is 0 Å². The van der Waals surface area contributed by atoms with Gasteiger partial charge in [-0.1, -0.05) is 0 Å². The molecule has 0 radical (unpaired) electrons. The molecule has 1 heterocycles. The number of hydrogen-bond donors (Lipinski definition) is 1. The summed E-state index contributed by atoms with van der Waals surface area (Å²) < 4.78 is 1.50. The van der Waals surface area contributed by atoms with E-state index in [0.717, 1.165) is 9.37 Å². The lowest BCUT2D eigenvalue weighted by molar-refractivity contribution is -0.136. The van der Waals surface area contributed by atoms with Crippen LogP contribution in [0, 0.1) is 0 Å². The van der Waals surface area contributed by atoms with Crippen molar-refractivity contribution in [3.8, 4) is 0 Å². The summed E-state index contributed by atoms with van der Waals surface area (Å²) in [5.41, 5.74) is 0. The lowest BCUT2D eigenvalue weighted by Crippen LogP contribution is -2.11. The molecule has 0 saturated heterocycles. The van der Waals surface area contributed by atoms with Gasteiger partial charge < -0.3 is 5.11 Å². The number of halogens is 2. The lowest BCUT2D eigenvalue weighted by atomic mass is 10.5. The van der Waals surface area contributed by atoms with Gasteiger partial charge in [-0.15, -0.1) is 11.8 Å². The Morgan fingerprint density at radius 1 is 1.64 bits per heavy atom. The highest BCUT2D eigenvalue weighted by Gasteiger charge is 2.14. The van der Waals surface area contributed by atoms with Crippen LogP contribution in [0.25, 0.3) is 0 Å². The van der Waals surface area contributed by atoms with E-state index < -0.39 is 11.2 Å². The van der Waals surface area contributed by atoms with Crippen molar-refractivity contribution in [2.75, 3.05) is 0 Å². The van der Waals surface area contributed by atoms with Crippen molar-refractivity contribution >= 4 is 49.6 Å². The Morgan fingerprint density at radius 2 is 2.29 bits per heavy atom. The molecular formula is C8H7Br2NO2S. The Bertz CT molecular complexity index is 359. The maximum atomic E-state index is 10.6. The van der Waals surface area contributed by atoms with Gasteiger partial charge in [0.05, 0.1) is 0 Å². The first-order valence-corrected chi connectivity index (χ1v) is 6.18. The van der Waals surface area contributed by atoms with Crippen LogP contribution in [-0.4, -0.2) is 21.3 Å². The number of hydrogen-bond acceptors (Lipinski definition) is 3. The van der Waals surface area contributed by atoms with Crippen LogP contribution in [0.3, 0.4) is 0 Å². The van der Waals surface area contributed by atoms with Crippen molar-refractivity contribution in [3.05, 3.63) is 21.3 Å². The second-order valence-corrected chi connectivity index (χ2v) is 5.59. The number of carboxylic acid groups (broad SMARTS) is 1. The number of thioether (sulfide) groups is 1. The molecule has 1 atom stereocenters. The molecule has 6 heteroatoms. The zero-order valence-electron chi connectivity index (χ0n) is 7.20. The Morgan fingerprint density at radius 3 is 2.86 bits per heavy atom. The maximum Gasteiger partial charge on any atom is 0.316 e. The van der Waals surface area contributed by atoms with E-state index in [9.17, 15) is 4.79 Å². The predicted molar refractivity (Wildman–Crippen MR) is 62.6 cm³/mol. The van der Waals surface area contributed by atoms with Crippen molar-refractivity contribution in [1.29, 1.82) is 0 Å². The first kappa shape index (κ1) is 12.0. The highest BCUT2D eigenvalue weighted by Crippen LogP contribution is 2.31. The third-order valence-corrected chi connectivity index (χ3v) is 3.87. The number of aliphatic carboxylic acids is 1. The van der Waals surface area contributed by atoms with E-state index in [1.807, 2.05) is 6.07 Å². The van der Waals surface area contributed by atoms with Gasteiger partial charge in [-0.05, 0) is 44.8 Å². The molecule has 0 amide bonds. The van der Waals surface area contributed by atoms with Gasteiger partial charge in [-0.3, -0.25) is 4.79 Å². The van der Waals surface area contributed by atoms with Crippen LogP contribution in [0.4, 0.5) is 0 Å². The zero-order chi connectivity index (χ0) is 10.7. The lowest BCUT2D eigenvalue weighted by Gasteiger charge is -2.07. The maximum absolute atomic E-state index is 10.6. The second-order valence-electron chi connectivity index (χ2n) is 2.54. The van der Waals surface area contributed by atoms with Gasteiger partial charge in [0.15, 0.2) is 0 Å². The van der Waals surface area contributed by atoms with Crippen LogP contribution in [0.1, 0.15) is 6.92 Å². The van der Waals surface area contributed by atoms with Crippen LogP contribution in [0.2, 0.25) is 0 Å². The largest absolute Gasteiger partial charge is 0.480 e. The van der Waals surface area contributed by atoms with Gasteiger partial charge in [-0.25, -0.2) is 4.98 Å². The van der Waals surface area contributed by atoms with Gasteiger partial charge in [0, 0.05) is 15.6 Å². The summed E-state index contributed by atoms with van der Waals surface area (Å²) in [7, 11) is 0. The average molecular weight is 341 g/mol. The highest BCUT2D eigenvalue weighted by molar-refractivity contribution is 9.11. The number of aromatic nitrogens is 1. The summed E-state index contributed by atoms with van der Waals surface area (Å²) in [4.78, 5) is 15.5. The number of nitrogens with zero attached hydrogens (tertiary/aromatic N) is 1. The summed E-state index contributed by atoms with van der Waals surface area (Å²) in [5, 5.41) is 8.25. The van der Waals surface area contributed by atoms with Crippen LogP contribution in [0.15, 0.2) is 26.2 Å². The molecule has 76 valence electrons. The normalized spacial score (nSPS) is 12.5. The molecule has 0 aliphatic carbocycles. The monoisotopic (exact) mass is 339 g/mol. The third-order valence-electron chi connectivity index (χ3n) is 1.43. The van der Waals surface area contributed by atoms with Crippen LogP contribution >= 0.6 is 43.6 Å². The Kier molecular flexibility index (Phi) is 4.40. The van der Waals surface area contributed by atoms with Crippen molar-refractivity contribution in [2.45, 2.75) is 17.1 Å². The molecule has 1 N–H and O–H groups in total. The number of pyridine rings is 1. The summed E-state index contributed by atoms with van der Waals surface area (Å²) in [6.45, 7) is 1.64. The molecule has 0 fully saturated rings. The van der Waals surface area contributed by atoms with Crippen molar-refractivity contribution in [1.82, 2.24) is 4.98 Å². The molecule has 1 rings (SSSR count). The molecule has 1 aromatic heterocycles. The van der Waals surface area contributed by atoms with E-state index in [-0.39, 0.29) is 0 Å². The fourth-order valence-corrected chi connectivity index (χ4v) is 2.53. The molecule has 0 bridgehead atoms. The SMILES string of the molecule is CC(Sc1cc(Br)cnc1Br)C(=O)O. The van der Waals surface area contributed by atoms with E-state index >= 15 is 0 Å². The minimum atomic E-state index is -0.832. The quantitative estimate of drug-likeness (QED) is 0.678. The van der Waals surface area contributed by atoms with E-state index in [0.29, 0.717) is 4.60 Å². The second kappa shape index (κ2) is 5.14. The average Bonchev–Trinajstić information content (AvgIpc) is 2.11. The van der Waals surface area contributed by atoms with Gasteiger partial charge in [0.1, 0.15) is 9.85 Å². The third kappa shape index (κ3) is 3.25. The van der Waals surface area contributed by atoms with Gasteiger partial charge in [0.2, 0.25) is 0 Å². The van der Waals surface area contributed by atoms with Crippen molar-refractivity contribution < 1.29 is 9.90 Å². The number of carboxylic acids is 1. The van der Waals surface area contributed by atoms with Crippen LogP contribution in [0.5, 0.6) is 0 Å². The van der Waals surface area contributed by atoms with Crippen molar-refractivity contribution in [2.24, 2.45) is 0 Å². The zero-order valence-corrected chi connectivity index (χ0v) is 11.2. The summed E-state index contributed by atoms with van der Waals surface area (Å²) in [5.74, 6) is -0.832. The predicted octanol–water partition coefficient (Wildman–Crippen LogP) is 3.17. The molecule has 1 unspecified atom stereocenters. The minimum absolute atomic E-state index is 0.484. The molecular weight excluding hydrogens is 334 g/mol. The number of rotatable bonds is 3. The standard InChI is InChI=1S/C8H7Br2NO2S/c1-4(8(12)13)14-6-2-5(9)3-11-7(6)10/h2-4H,1H3,(H,12,13). The molecule has 14 heavy (non-hydrogen) atoms. The van der Waals surface area contributed by atoms with E-state index in [2.05, 4.69) is 36.8 Å². The Balaban J connectivity index is 2.85. The van der Waals surface area contributed by atoms with E-state index in [4.69, 9.17) is 5.11 Å². The van der Waals surface area contributed by atoms with Gasteiger partial charge in [0.25, 0.3) is 0 Å². The van der Waals surface area contributed by atoms with E-state index in [1.165, 1.54) is 11.8 Å². The first-order valence-electron chi connectivity index (χ1n) is 3.71. The Hall–Kier alpha value is -0.0700. The first-order chi connectivity index (χ1) is 6.50. The molecule has 0 aliphatic rings. The topological polar surface area (TPSA) is 50.2 Å². The molecule has 3 nitrogen and oxygen atoms in total. The minimum Gasteiger partial charge on any atom is -0.480 e. The van der Waals surface area contributed by atoms with Gasteiger partial charge >= 0.3 is 5.97 Å². The number of carbonyl (C=O) groups is 1. The molecule has 1 aromatic rings. The fourth-order valence-electron chi connectivity index (χ4n) is 0.728. The smallest absolute Gasteiger partial charge is 0.316 e.